The minimum Gasteiger partial charge on any atom is -0.338 e. The summed E-state index contributed by atoms with van der Waals surface area (Å²) in [7, 11) is -3.68. The van der Waals surface area contributed by atoms with Gasteiger partial charge in [-0.3, -0.25) is 9.59 Å². The van der Waals surface area contributed by atoms with Crippen molar-refractivity contribution in [2.24, 2.45) is 0 Å². The molecule has 1 aliphatic heterocycles. The lowest BCUT2D eigenvalue weighted by molar-refractivity contribution is -0.128. The number of carbonyl (C=O) groups excluding carboxylic acids is 2. The number of nitrogens with one attached hydrogen (secondary N) is 1. The quantitative estimate of drug-likeness (QED) is 0.818. The molecule has 2 aliphatic rings. The molecule has 1 aromatic carbocycles. The molecule has 7 heteroatoms. The second-order valence-electron chi connectivity index (χ2n) is 5.88. The molecule has 2 fully saturated rings. The van der Waals surface area contributed by atoms with E-state index in [-0.39, 0.29) is 29.0 Å². The molecule has 1 N–H and O–H groups in total. The standard InChI is InChI=1S/C15H18N2O4S/c1-10(18)11-2-6-14(7-3-11)22(20,21)16-12-8-15(19)17(9-12)13-4-5-13/h2-3,6-7,12-13,16H,4-5,8-9H2,1H3. The first kappa shape index (κ1) is 15.2. The van der Waals surface area contributed by atoms with Crippen LogP contribution in [-0.4, -0.2) is 43.6 Å². The van der Waals surface area contributed by atoms with Gasteiger partial charge in [-0.05, 0) is 31.9 Å². The molecule has 22 heavy (non-hydrogen) atoms. The monoisotopic (exact) mass is 322 g/mol. The molecule has 1 amide bonds. The summed E-state index contributed by atoms with van der Waals surface area (Å²) >= 11 is 0. The van der Waals surface area contributed by atoms with E-state index in [4.69, 9.17) is 0 Å². The lowest BCUT2D eigenvalue weighted by atomic mass is 10.2. The molecule has 0 bridgehead atoms. The Morgan fingerprint density at radius 1 is 1.23 bits per heavy atom. The summed E-state index contributed by atoms with van der Waals surface area (Å²) in [6, 6.07) is 5.73. The van der Waals surface area contributed by atoms with Crippen LogP contribution in [0.1, 0.15) is 36.5 Å². The lowest BCUT2D eigenvalue weighted by Gasteiger charge is -2.16. The van der Waals surface area contributed by atoms with Crippen LogP contribution in [0.4, 0.5) is 0 Å². The van der Waals surface area contributed by atoms with Crippen molar-refractivity contribution in [2.45, 2.75) is 43.2 Å². The van der Waals surface area contributed by atoms with Crippen molar-refractivity contribution in [3.05, 3.63) is 29.8 Å². The predicted octanol–water partition coefficient (Wildman–Crippen LogP) is 0.931. The topological polar surface area (TPSA) is 83.5 Å². The number of ketones is 1. The Morgan fingerprint density at radius 2 is 1.86 bits per heavy atom. The third kappa shape index (κ3) is 3.05. The zero-order valence-corrected chi connectivity index (χ0v) is 13.1. The van der Waals surface area contributed by atoms with Gasteiger partial charge in [0.2, 0.25) is 15.9 Å². The summed E-state index contributed by atoms with van der Waals surface area (Å²) in [5.41, 5.74) is 0.468. The van der Waals surface area contributed by atoms with E-state index in [2.05, 4.69) is 4.72 Å². The summed E-state index contributed by atoms with van der Waals surface area (Å²) in [5, 5.41) is 0. The second-order valence-corrected chi connectivity index (χ2v) is 7.59. The fourth-order valence-corrected chi connectivity index (χ4v) is 3.93. The molecule has 1 saturated carbocycles. The van der Waals surface area contributed by atoms with E-state index in [0.29, 0.717) is 18.2 Å². The Morgan fingerprint density at radius 3 is 2.41 bits per heavy atom. The normalized spacial score (nSPS) is 22.1. The van der Waals surface area contributed by atoms with Gasteiger partial charge in [0.15, 0.2) is 5.78 Å². The molecule has 0 spiro atoms. The first-order valence-electron chi connectivity index (χ1n) is 7.29. The smallest absolute Gasteiger partial charge is 0.240 e. The Balaban J connectivity index is 1.70. The molecule has 1 unspecified atom stereocenters. The molecule has 0 radical (unpaired) electrons. The number of hydrogen-bond acceptors (Lipinski definition) is 4. The molecule has 6 nitrogen and oxygen atoms in total. The Kier molecular flexibility index (Phi) is 3.78. The van der Waals surface area contributed by atoms with Gasteiger partial charge in [0.1, 0.15) is 0 Å². The maximum atomic E-state index is 12.3. The fourth-order valence-electron chi connectivity index (χ4n) is 2.71. The fraction of sp³-hybridized carbons (Fsp3) is 0.467. The highest BCUT2D eigenvalue weighted by atomic mass is 32.2. The SMILES string of the molecule is CC(=O)c1ccc(S(=O)(=O)NC2CC(=O)N(C3CC3)C2)cc1. The zero-order chi connectivity index (χ0) is 15.9. The van der Waals surface area contributed by atoms with Crippen LogP contribution in [-0.2, 0) is 14.8 Å². The van der Waals surface area contributed by atoms with E-state index in [1.807, 2.05) is 0 Å². The molecule has 1 heterocycles. The molecular weight excluding hydrogens is 304 g/mol. The van der Waals surface area contributed by atoms with Gasteiger partial charge in [0.05, 0.1) is 4.90 Å². The van der Waals surface area contributed by atoms with Crippen LogP contribution in [0, 0.1) is 0 Å². The maximum Gasteiger partial charge on any atom is 0.240 e. The van der Waals surface area contributed by atoms with Gasteiger partial charge in [-0.2, -0.15) is 0 Å². The van der Waals surface area contributed by atoms with Crippen molar-refractivity contribution in [1.29, 1.82) is 0 Å². The molecule has 1 aliphatic carbocycles. The molecule has 118 valence electrons. The van der Waals surface area contributed by atoms with Crippen LogP contribution in [0.25, 0.3) is 0 Å². The van der Waals surface area contributed by atoms with Gasteiger partial charge in [-0.1, -0.05) is 12.1 Å². The van der Waals surface area contributed by atoms with Crippen LogP contribution in [0.2, 0.25) is 0 Å². The van der Waals surface area contributed by atoms with E-state index >= 15 is 0 Å². The van der Waals surface area contributed by atoms with Crippen molar-refractivity contribution in [2.75, 3.05) is 6.54 Å². The highest BCUT2D eigenvalue weighted by Gasteiger charge is 2.40. The van der Waals surface area contributed by atoms with Crippen molar-refractivity contribution < 1.29 is 18.0 Å². The summed E-state index contributed by atoms with van der Waals surface area (Å²) < 4.78 is 27.3. The van der Waals surface area contributed by atoms with Gasteiger partial charge in [0.25, 0.3) is 0 Å². The van der Waals surface area contributed by atoms with Gasteiger partial charge >= 0.3 is 0 Å². The largest absolute Gasteiger partial charge is 0.338 e. The van der Waals surface area contributed by atoms with Crippen molar-refractivity contribution in [3.8, 4) is 0 Å². The third-order valence-electron chi connectivity index (χ3n) is 4.04. The number of nitrogens with zero attached hydrogens (tertiary/aromatic N) is 1. The van der Waals surface area contributed by atoms with E-state index in [1.165, 1.54) is 31.2 Å². The summed E-state index contributed by atoms with van der Waals surface area (Å²) in [5.74, 6) is -0.0968. The van der Waals surface area contributed by atoms with Crippen LogP contribution in [0.5, 0.6) is 0 Å². The highest BCUT2D eigenvalue weighted by molar-refractivity contribution is 7.89. The van der Waals surface area contributed by atoms with Crippen LogP contribution in [0.3, 0.4) is 0 Å². The Labute approximate surface area is 129 Å². The number of likely N-dealkylation sites (tertiary alicyclic amines) is 1. The molecular formula is C15H18N2O4S. The number of carbonyl (C=O) groups is 2. The first-order chi connectivity index (χ1) is 10.4. The summed E-state index contributed by atoms with van der Waals surface area (Å²) in [4.78, 5) is 25.0. The number of amides is 1. The van der Waals surface area contributed by atoms with E-state index in [9.17, 15) is 18.0 Å². The third-order valence-corrected chi connectivity index (χ3v) is 5.58. The van der Waals surface area contributed by atoms with Gasteiger partial charge in [-0.15, -0.1) is 0 Å². The van der Waals surface area contributed by atoms with E-state index in [1.54, 1.807) is 4.90 Å². The number of hydrogen-bond donors (Lipinski definition) is 1. The zero-order valence-electron chi connectivity index (χ0n) is 12.3. The maximum absolute atomic E-state index is 12.3. The van der Waals surface area contributed by atoms with Crippen LogP contribution < -0.4 is 4.72 Å². The lowest BCUT2D eigenvalue weighted by Crippen LogP contribution is -2.37. The van der Waals surface area contributed by atoms with Crippen molar-refractivity contribution >= 4 is 21.7 Å². The Hall–Kier alpha value is -1.73. The molecule has 1 saturated heterocycles. The van der Waals surface area contributed by atoms with E-state index in [0.717, 1.165) is 12.8 Å². The molecule has 1 aromatic rings. The van der Waals surface area contributed by atoms with Gasteiger partial charge in [0, 0.05) is 30.6 Å². The predicted molar refractivity (Wildman–Crippen MR) is 79.9 cm³/mol. The summed E-state index contributed by atoms with van der Waals surface area (Å²) in [6.45, 7) is 1.87. The molecule has 0 aromatic heterocycles. The average molecular weight is 322 g/mol. The van der Waals surface area contributed by atoms with Crippen molar-refractivity contribution in [3.63, 3.8) is 0 Å². The van der Waals surface area contributed by atoms with Crippen molar-refractivity contribution in [1.82, 2.24) is 9.62 Å². The van der Waals surface area contributed by atoms with Gasteiger partial charge < -0.3 is 4.90 Å². The number of sulfonamides is 1. The van der Waals surface area contributed by atoms with E-state index < -0.39 is 10.0 Å². The number of benzene rings is 1. The number of Topliss-reactive ketones (excluding diaryl/α,β-unsaturated/α-hetero) is 1. The van der Waals surface area contributed by atoms with Gasteiger partial charge in [-0.25, -0.2) is 13.1 Å². The number of rotatable bonds is 5. The minimum atomic E-state index is -3.68. The highest BCUT2D eigenvalue weighted by Crippen LogP contribution is 2.30. The Bertz CT molecular complexity index is 708. The first-order valence-corrected chi connectivity index (χ1v) is 8.78. The molecule has 1 atom stereocenters. The summed E-state index contributed by atoms with van der Waals surface area (Å²) in [6.07, 6.45) is 2.23. The van der Waals surface area contributed by atoms with Crippen LogP contribution >= 0.6 is 0 Å². The van der Waals surface area contributed by atoms with Crippen LogP contribution in [0.15, 0.2) is 29.2 Å². The average Bonchev–Trinajstić information content (AvgIpc) is 3.23. The second kappa shape index (κ2) is 5.48. The minimum absolute atomic E-state index is 0.0159. The molecule has 3 rings (SSSR count).